The zero-order valence-corrected chi connectivity index (χ0v) is 24.7. The Morgan fingerprint density at radius 2 is 0.970 bits per heavy atom. The third kappa shape index (κ3) is 6.01. The second-order valence-electron chi connectivity index (χ2n) is 8.16. The molecule has 2 aliphatic rings. The van der Waals surface area contributed by atoms with Gasteiger partial charge in [0.25, 0.3) is 0 Å². The van der Waals surface area contributed by atoms with Crippen LogP contribution in [0.1, 0.15) is 24.0 Å². The zero-order valence-electron chi connectivity index (χ0n) is 18.6. The summed E-state index contributed by atoms with van der Waals surface area (Å²) in [5, 5.41) is 0. The van der Waals surface area contributed by atoms with Gasteiger partial charge >= 0.3 is 196 Å². The Balaban J connectivity index is 0.00000153. The van der Waals surface area contributed by atoms with Gasteiger partial charge < -0.3 is 24.8 Å². The Kier molecular flexibility index (Phi) is 9.83. The zero-order chi connectivity index (χ0) is 21.0. The molecule has 4 heteroatoms. The van der Waals surface area contributed by atoms with E-state index in [1.165, 1.54) is 22.3 Å². The van der Waals surface area contributed by atoms with E-state index in [0.717, 1.165) is 12.8 Å². The van der Waals surface area contributed by atoms with E-state index in [2.05, 4.69) is 121 Å². The Hall–Kier alpha value is -1.37. The van der Waals surface area contributed by atoms with Crippen molar-refractivity contribution < 1.29 is 43.4 Å². The first kappa shape index (κ1) is 26.2. The van der Waals surface area contributed by atoms with Gasteiger partial charge in [0.2, 0.25) is 0 Å². The first-order chi connectivity index (χ1) is 15.3. The standard InChI is InChI=1S/2C11H9.C7H8Ge.2ClH.Zr/c2*1-2-6-10(7-3-1)11-8-4-5-9-11;1-8-7-5-3-2-4-6-7;;;/h2*1-3,6-9H,4H2;2-6H,1H3;2*1H;/q;;;;;+2/p-2. The van der Waals surface area contributed by atoms with Gasteiger partial charge in [-0.3, -0.25) is 0 Å². The van der Waals surface area contributed by atoms with E-state index in [-0.39, 0.29) is 24.8 Å². The molecule has 0 saturated heterocycles. The number of benzene rings is 3. The van der Waals surface area contributed by atoms with Crippen LogP contribution in [-0.2, 0) is 18.6 Å². The quantitative estimate of drug-likeness (QED) is 0.378. The molecule has 0 unspecified atom stereocenters. The predicted molar refractivity (Wildman–Crippen MR) is 132 cm³/mol. The molecule has 0 nitrogen and oxygen atoms in total. The molecule has 3 aromatic rings. The van der Waals surface area contributed by atoms with E-state index in [1.807, 2.05) is 0 Å². The van der Waals surface area contributed by atoms with Gasteiger partial charge in [-0.25, -0.2) is 0 Å². The number of hydrogen-bond donors (Lipinski definition) is 0. The van der Waals surface area contributed by atoms with Gasteiger partial charge in [0.05, 0.1) is 0 Å². The van der Waals surface area contributed by atoms with E-state index in [9.17, 15) is 0 Å². The minimum absolute atomic E-state index is 0. The van der Waals surface area contributed by atoms with Crippen LogP contribution >= 0.6 is 0 Å². The van der Waals surface area contributed by atoms with Crippen LogP contribution in [0.4, 0.5) is 0 Å². The van der Waals surface area contributed by atoms with Gasteiger partial charge in [-0.05, 0) is 0 Å². The molecule has 0 aliphatic heterocycles. The molecular formula is C29H26Cl2GeZr. The van der Waals surface area contributed by atoms with Crippen molar-refractivity contribution in [3.63, 3.8) is 0 Å². The fraction of sp³-hybridized carbons (Fsp3) is 0.103. The summed E-state index contributed by atoms with van der Waals surface area (Å²) in [4.78, 5) is 0. The van der Waals surface area contributed by atoms with Gasteiger partial charge in [0.15, 0.2) is 0 Å². The van der Waals surface area contributed by atoms with Gasteiger partial charge in [-0.1, -0.05) is 0 Å². The van der Waals surface area contributed by atoms with E-state index in [1.54, 1.807) is 11.0 Å². The van der Waals surface area contributed by atoms with Crippen molar-refractivity contribution in [3.8, 4) is 0 Å². The van der Waals surface area contributed by atoms with Gasteiger partial charge in [-0.15, -0.1) is 0 Å². The Morgan fingerprint density at radius 1 is 0.576 bits per heavy atom. The molecule has 0 aromatic heterocycles. The van der Waals surface area contributed by atoms with Crippen molar-refractivity contribution in [2.45, 2.75) is 18.6 Å². The fourth-order valence-electron chi connectivity index (χ4n) is 4.58. The average molecular weight is 609 g/mol. The number of allylic oxidation sites excluding steroid dienone is 8. The molecule has 2 aliphatic carbocycles. The Labute approximate surface area is 218 Å². The molecule has 0 heterocycles. The molecule has 0 fully saturated rings. The summed E-state index contributed by atoms with van der Waals surface area (Å²) in [7, 11) is -1.36. The summed E-state index contributed by atoms with van der Waals surface area (Å²) < 4.78 is 5.27. The van der Waals surface area contributed by atoms with Crippen molar-refractivity contribution in [2.75, 3.05) is 0 Å². The SMILES string of the molecule is [CH3][Ge]([c]1ccccc1)=[Zr+2]([C]1=CC(c2ccccc2)=CC1)[C]1=CC(c2ccccc2)=CC1.[Cl-].[Cl-]. The smallest absolute Gasteiger partial charge is 1.00 e. The van der Waals surface area contributed by atoms with Crippen LogP contribution in [0, 0.1) is 0 Å². The minimum Gasteiger partial charge on any atom is -1.00 e. The molecule has 0 N–H and O–H groups in total. The third-order valence-corrected chi connectivity index (χ3v) is 36.4. The summed E-state index contributed by atoms with van der Waals surface area (Å²) in [6.45, 7) is 0. The van der Waals surface area contributed by atoms with Crippen molar-refractivity contribution in [2.24, 2.45) is 0 Å². The molecule has 0 amide bonds. The van der Waals surface area contributed by atoms with Crippen LogP contribution in [0.3, 0.4) is 0 Å². The largest absolute Gasteiger partial charge is 1.00 e. The van der Waals surface area contributed by atoms with Crippen molar-refractivity contribution in [1.29, 1.82) is 0 Å². The summed E-state index contributed by atoms with van der Waals surface area (Å²) in [5.74, 6) is 2.65. The second-order valence-corrected chi connectivity index (χ2v) is 32.8. The maximum atomic E-state index is 2.65. The molecule has 5 rings (SSSR count). The topological polar surface area (TPSA) is 0 Å². The average Bonchev–Trinajstić information content (AvgIpc) is 3.52. The van der Waals surface area contributed by atoms with E-state index < -0.39 is 28.6 Å². The summed E-state index contributed by atoms with van der Waals surface area (Å²) in [6.07, 6.45) is 12.4. The molecule has 0 bridgehead atoms. The molecular weight excluding hydrogens is 583 g/mol. The predicted octanol–water partition coefficient (Wildman–Crippen LogP) is 0.884. The van der Waals surface area contributed by atoms with Crippen molar-refractivity contribution in [1.82, 2.24) is 0 Å². The van der Waals surface area contributed by atoms with Crippen molar-refractivity contribution >= 4 is 25.5 Å². The molecule has 33 heavy (non-hydrogen) atoms. The summed E-state index contributed by atoms with van der Waals surface area (Å²) >= 11 is -1.94. The van der Waals surface area contributed by atoms with Crippen LogP contribution in [0.15, 0.2) is 122 Å². The minimum atomic E-state index is -1.94. The monoisotopic (exact) mass is 608 g/mol. The maximum Gasteiger partial charge on any atom is -1.00 e. The Bertz CT molecular complexity index is 1180. The van der Waals surface area contributed by atoms with Crippen LogP contribution in [0.5, 0.6) is 0 Å². The van der Waals surface area contributed by atoms with Gasteiger partial charge in [0.1, 0.15) is 0 Å². The van der Waals surface area contributed by atoms with Crippen LogP contribution in [0.25, 0.3) is 11.1 Å². The molecule has 164 valence electrons. The van der Waals surface area contributed by atoms with E-state index >= 15 is 0 Å². The van der Waals surface area contributed by atoms with Gasteiger partial charge in [0, 0.05) is 0 Å². The molecule has 0 saturated carbocycles. The van der Waals surface area contributed by atoms with Crippen LogP contribution in [0.2, 0.25) is 5.76 Å². The Morgan fingerprint density at radius 3 is 1.39 bits per heavy atom. The van der Waals surface area contributed by atoms with Gasteiger partial charge in [-0.2, -0.15) is 0 Å². The fourth-order valence-corrected chi connectivity index (χ4v) is 35.1. The molecule has 0 radical (unpaired) electrons. The van der Waals surface area contributed by atoms with E-state index in [0.29, 0.717) is 0 Å². The summed E-state index contributed by atoms with van der Waals surface area (Å²) in [5.41, 5.74) is 5.59. The van der Waals surface area contributed by atoms with Crippen LogP contribution in [-0.4, -0.2) is 9.98 Å². The first-order valence-electron chi connectivity index (χ1n) is 11.0. The molecule has 0 atom stereocenters. The van der Waals surface area contributed by atoms with E-state index in [4.69, 9.17) is 0 Å². The summed E-state index contributed by atoms with van der Waals surface area (Å²) in [6, 6.07) is 33.3. The molecule has 3 aromatic carbocycles. The second kappa shape index (κ2) is 12.4. The van der Waals surface area contributed by atoms with Crippen molar-refractivity contribution in [3.05, 3.63) is 133 Å². The normalized spacial score (nSPS) is 13.9. The first-order valence-corrected chi connectivity index (χ1v) is 24.0. The maximum absolute atomic E-state index is 2.65. The third-order valence-electron chi connectivity index (χ3n) is 6.18. The van der Waals surface area contributed by atoms with Crippen LogP contribution < -0.4 is 29.2 Å². The number of halogens is 2. The molecule has 0 spiro atoms. The number of rotatable bonds is 5. The number of hydrogen-bond acceptors (Lipinski definition) is 0.